The van der Waals surface area contributed by atoms with Gasteiger partial charge >= 0.3 is 0 Å². The van der Waals surface area contributed by atoms with Crippen LogP contribution in [-0.4, -0.2) is 39.1 Å². The number of nitrogens with zero attached hydrogens (tertiary/aromatic N) is 3. The van der Waals surface area contributed by atoms with Crippen LogP contribution in [0.5, 0.6) is 0 Å². The molecule has 1 fully saturated rings. The summed E-state index contributed by atoms with van der Waals surface area (Å²) in [4.78, 5) is 23.6. The molecule has 6 heteroatoms. The molecule has 166 valence electrons. The van der Waals surface area contributed by atoms with Gasteiger partial charge in [-0.2, -0.15) is 0 Å². The van der Waals surface area contributed by atoms with E-state index in [2.05, 4.69) is 42.8 Å². The number of hydrogen-bond acceptors (Lipinski definition) is 3. The molecule has 0 radical (unpaired) electrons. The number of H-pyrrole nitrogens is 1. The van der Waals surface area contributed by atoms with Gasteiger partial charge in [-0.15, -0.1) is 0 Å². The van der Waals surface area contributed by atoms with Crippen LogP contribution in [0.25, 0.3) is 22.3 Å². The number of piperidine rings is 1. The molecule has 0 aliphatic carbocycles. The number of nitrogens with one attached hydrogen (secondary N) is 1. The van der Waals surface area contributed by atoms with Gasteiger partial charge in [-0.1, -0.05) is 32.4 Å². The number of likely N-dealkylation sites (tertiary alicyclic amines) is 1. The minimum Gasteiger partial charge on any atom is -0.353 e. The van der Waals surface area contributed by atoms with E-state index in [1.807, 2.05) is 13.1 Å². The Labute approximate surface area is 189 Å². The summed E-state index contributed by atoms with van der Waals surface area (Å²) >= 11 is 6.36. The Morgan fingerprint density at radius 2 is 1.97 bits per heavy atom. The minimum absolute atomic E-state index is 0.167. The predicted molar refractivity (Wildman–Crippen MR) is 129 cm³/mol. The van der Waals surface area contributed by atoms with Crippen molar-refractivity contribution in [3.8, 4) is 11.3 Å². The first-order valence-corrected chi connectivity index (χ1v) is 11.8. The Morgan fingerprint density at radius 3 is 2.61 bits per heavy atom. The molecule has 0 aromatic carbocycles. The Morgan fingerprint density at radius 1 is 1.26 bits per heavy atom. The summed E-state index contributed by atoms with van der Waals surface area (Å²) in [5.74, 6) is 0.804. The fourth-order valence-corrected chi connectivity index (χ4v) is 5.14. The molecule has 0 unspecified atom stereocenters. The summed E-state index contributed by atoms with van der Waals surface area (Å²) in [6.07, 6.45) is 5.43. The van der Waals surface area contributed by atoms with Crippen molar-refractivity contribution in [1.29, 1.82) is 0 Å². The zero-order valence-corrected chi connectivity index (χ0v) is 20.0. The van der Waals surface area contributed by atoms with Gasteiger partial charge in [0, 0.05) is 36.0 Å². The second kappa shape index (κ2) is 8.79. The van der Waals surface area contributed by atoms with Gasteiger partial charge in [-0.05, 0) is 69.4 Å². The molecule has 3 aromatic rings. The average molecular weight is 441 g/mol. The number of pyridine rings is 2. The first kappa shape index (κ1) is 22.1. The number of aryl methyl sites for hydroxylation is 1. The lowest BCUT2D eigenvalue weighted by atomic mass is 9.92. The highest BCUT2D eigenvalue weighted by molar-refractivity contribution is 6.31. The number of hydrogen-bond donors (Lipinski definition) is 1. The first-order valence-electron chi connectivity index (χ1n) is 11.4. The Kier molecular flexibility index (Phi) is 6.27. The van der Waals surface area contributed by atoms with Crippen LogP contribution in [0.3, 0.4) is 0 Å². The molecule has 0 atom stereocenters. The summed E-state index contributed by atoms with van der Waals surface area (Å²) < 4.78 is 1.56. The highest BCUT2D eigenvalue weighted by atomic mass is 35.5. The summed E-state index contributed by atoms with van der Waals surface area (Å²) in [5, 5.41) is 0.279. The standard InChI is InChI=1S/C25H33ClN4O/c1-6-11-30-12-9-17(10-13-30)19-7-8-20-24(27-19)21(15(2)3)23(28-20)18-14-29(5)25(31)22(26)16(18)4/h7-8,14-15,17,28H,6,9-13H2,1-5H3. The van der Waals surface area contributed by atoms with E-state index in [9.17, 15) is 4.79 Å². The molecular weight excluding hydrogens is 408 g/mol. The monoisotopic (exact) mass is 440 g/mol. The van der Waals surface area contributed by atoms with Gasteiger partial charge in [0.1, 0.15) is 5.02 Å². The Hall–Kier alpha value is -2.11. The number of aromatic amines is 1. The fourth-order valence-electron chi connectivity index (χ4n) is 4.91. The van der Waals surface area contributed by atoms with Gasteiger partial charge < -0.3 is 14.5 Å². The van der Waals surface area contributed by atoms with Crippen LogP contribution < -0.4 is 5.56 Å². The highest BCUT2D eigenvalue weighted by Gasteiger charge is 2.24. The van der Waals surface area contributed by atoms with Crippen molar-refractivity contribution in [3.63, 3.8) is 0 Å². The maximum atomic E-state index is 12.3. The molecule has 31 heavy (non-hydrogen) atoms. The predicted octanol–water partition coefficient (Wildman–Crippen LogP) is 5.60. The summed E-state index contributed by atoms with van der Waals surface area (Å²) in [6, 6.07) is 4.36. The van der Waals surface area contributed by atoms with Crippen LogP contribution in [0.2, 0.25) is 5.02 Å². The van der Waals surface area contributed by atoms with Crippen LogP contribution in [-0.2, 0) is 7.05 Å². The topological polar surface area (TPSA) is 53.9 Å². The van der Waals surface area contributed by atoms with Crippen LogP contribution in [0.1, 0.15) is 68.7 Å². The Bertz CT molecular complexity index is 1150. The normalized spacial score (nSPS) is 16.0. The molecular formula is C25H33ClN4O. The maximum Gasteiger partial charge on any atom is 0.269 e. The smallest absolute Gasteiger partial charge is 0.269 e. The SMILES string of the molecule is CCCN1CCC(c2ccc3[nH]c(-c4cn(C)c(=O)c(Cl)c4C)c(C(C)C)c3n2)CC1. The zero-order chi connectivity index (χ0) is 22.3. The molecule has 1 saturated heterocycles. The quantitative estimate of drug-likeness (QED) is 0.561. The van der Waals surface area contributed by atoms with E-state index < -0.39 is 0 Å². The van der Waals surface area contributed by atoms with Crippen LogP contribution in [0.4, 0.5) is 0 Å². The van der Waals surface area contributed by atoms with Crippen molar-refractivity contribution < 1.29 is 0 Å². The zero-order valence-electron chi connectivity index (χ0n) is 19.3. The van der Waals surface area contributed by atoms with E-state index in [1.165, 1.54) is 37.1 Å². The van der Waals surface area contributed by atoms with E-state index >= 15 is 0 Å². The van der Waals surface area contributed by atoms with Gasteiger partial charge in [0.05, 0.1) is 16.7 Å². The molecule has 1 aliphatic rings. The lowest BCUT2D eigenvalue weighted by Crippen LogP contribution is -2.33. The second-order valence-corrected chi connectivity index (χ2v) is 9.59. The number of halogens is 1. The summed E-state index contributed by atoms with van der Waals surface area (Å²) in [5.41, 5.74) is 7.09. The third-order valence-corrected chi connectivity index (χ3v) is 7.10. The summed E-state index contributed by atoms with van der Waals surface area (Å²) in [6.45, 7) is 12.1. The van der Waals surface area contributed by atoms with Gasteiger partial charge in [0.2, 0.25) is 0 Å². The highest BCUT2D eigenvalue weighted by Crippen LogP contribution is 2.38. The molecule has 0 bridgehead atoms. The molecule has 4 rings (SSSR count). The van der Waals surface area contributed by atoms with Crippen LogP contribution in [0.15, 0.2) is 23.1 Å². The van der Waals surface area contributed by atoms with E-state index in [1.54, 1.807) is 11.6 Å². The lowest BCUT2D eigenvalue weighted by Gasteiger charge is -2.31. The number of aromatic nitrogens is 3. The molecule has 1 N–H and O–H groups in total. The average Bonchev–Trinajstić information content (AvgIpc) is 3.14. The maximum absolute atomic E-state index is 12.3. The van der Waals surface area contributed by atoms with Gasteiger partial charge in [0.15, 0.2) is 0 Å². The molecule has 0 amide bonds. The van der Waals surface area contributed by atoms with Crippen molar-refractivity contribution in [2.75, 3.05) is 19.6 Å². The number of rotatable bonds is 5. The van der Waals surface area contributed by atoms with Gasteiger partial charge in [-0.3, -0.25) is 9.78 Å². The van der Waals surface area contributed by atoms with Crippen molar-refractivity contribution in [2.45, 2.75) is 58.8 Å². The third-order valence-electron chi connectivity index (χ3n) is 6.66. The fraction of sp³-hybridized carbons (Fsp3) is 0.520. The van der Waals surface area contributed by atoms with Crippen molar-refractivity contribution in [1.82, 2.24) is 19.4 Å². The van der Waals surface area contributed by atoms with Crippen LogP contribution in [0, 0.1) is 6.92 Å². The van der Waals surface area contributed by atoms with E-state index in [0.717, 1.165) is 40.9 Å². The minimum atomic E-state index is -0.167. The number of fused-ring (bicyclic) bond motifs is 1. The second-order valence-electron chi connectivity index (χ2n) is 9.21. The molecule has 5 nitrogen and oxygen atoms in total. The summed E-state index contributed by atoms with van der Waals surface area (Å²) in [7, 11) is 1.75. The molecule has 4 heterocycles. The van der Waals surface area contributed by atoms with E-state index in [4.69, 9.17) is 16.6 Å². The van der Waals surface area contributed by atoms with Crippen molar-refractivity contribution >= 4 is 22.6 Å². The molecule has 0 saturated carbocycles. The largest absolute Gasteiger partial charge is 0.353 e. The van der Waals surface area contributed by atoms with Crippen molar-refractivity contribution in [2.24, 2.45) is 7.05 Å². The third kappa shape index (κ3) is 4.06. The Balaban J connectivity index is 1.78. The molecule has 0 spiro atoms. The molecule has 3 aromatic heterocycles. The first-order chi connectivity index (χ1) is 14.8. The van der Waals surface area contributed by atoms with E-state index in [-0.39, 0.29) is 16.5 Å². The van der Waals surface area contributed by atoms with Gasteiger partial charge in [0.25, 0.3) is 5.56 Å². The van der Waals surface area contributed by atoms with Crippen LogP contribution >= 0.6 is 11.6 Å². The molecule has 1 aliphatic heterocycles. The lowest BCUT2D eigenvalue weighted by molar-refractivity contribution is 0.211. The van der Waals surface area contributed by atoms with E-state index in [0.29, 0.717) is 5.92 Å². The van der Waals surface area contributed by atoms with Gasteiger partial charge in [-0.25, -0.2) is 0 Å². The van der Waals surface area contributed by atoms with Crippen molar-refractivity contribution in [3.05, 3.63) is 50.5 Å².